The van der Waals surface area contributed by atoms with Gasteiger partial charge in [-0.05, 0) is 24.5 Å². The van der Waals surface area contributed by atoms with Crippen molar-refractivity contribution in [3.05, 3.63) is 35.4 Å². The lowest BCUT2D eigenvalue weighted by atomic mass is 10.0. The lowest BCUT2D eigenvalue weighted by Crippen LogP contribution is -2.44. The Hall–Kier alpha value is -1.10. The number of hydrogen-bond acceptors (Lipinski definition) is 3. The van der Waals surface area contributed by atoms with Crippen molar-refractivity contribution in [2.24, 2.45) is 5.73 Å². The molecule has 0 aliphatic carbocycles. The number of hydrogen-bond donors (Lipinski definition) is 2. The van der Waals surface area contributed by atoms with E-state index in [9.17, 15) is 4.79 Å². The van der Waals surface area contributed by atoms with Crippen molar-refractivity contribution >= 4 is 18.3 Å². The van der Waals surface area contributed by atoms with Crippen molar-refractivity contribution in [3.8, 4) is 0 Å². The second kappa shape index (κ2) is 8.91. The first-order valence-electron chi connectivity index (χ1n) is 6.22. The minimum Gasteiger partial charge on any atom is -0.383 e. The summed E-state index contributed by atoms with van der Waals surface area (Å²) in [7, 11) is 1.53. The maximum Gasteiger partial charge on any atom is 0.239 e. The number of carbonyl (C=O) groups is 1. The first kappa shape index (κ1) is 17.9. The van der Waals surface area contributed by atoms with Crippen LogP contribution in [0.5, 0.6) is 0 Å². The van der Waals surface area contributed by atoms with E-state index in [1.165, 1.54) is 12.7 Å². The minimum atomic E-state index is -0.618. The molecule has 1 rings (SSSR count). The Kier molecular flexibility index (Phi) is 8.39. The molecule has 0 bridgehead atoms. The Bertz CT molecular complexity index is 382. The fourth-order valence-corrected chi connectivity index (χ4v) is 1.70. The van der Waals surface area contributed by atoms with Gasteiger partial charge in [-0.3, -0.25) is 4.79 Å². The molecular formula is C14H23ClN2O2. The van der Waals surface area contributed by atoms with Crippen LogP contribution in [0.4, 0.5) is 0 Å². The molecule has 2 unspecified atom stereocenters. The zero-order chi connectivity index (χ0) is 13.5. The molecule has 19 heavy (non-hydrogen) atoms. The molecule has 4 nitrogen and oxygen atoms in total. The van der Waals surface area contributed by atoms with Gasteiger partial charge in [-0.1, -0.05) is 31.2 Å². The van der Waals surface area contributed by atoms with Gasteiger partial charge in [0.25, 0.3) is 0 Å². The van der Waals surface area contributed by atoms with Crippen molar-refractivity contribution < 1.29 is 9.53 Å². The van der Waals surface area contributed by atoms with Crippen molar-refractivity contribution in [2.75, 3.05) is 13.7 Å². The first-order valence-corrected chi connectivity index (χ1v) is 6.22. The molecule has 3 N–H and O–H groups in total. The van der Waals surface area contributed by atoms with Crippen molar-refractivity contribution in [3.63, 3.8) is 0 Å². The average Bonchev–Trinajstić information content (AvgIpc) is 2.39. The number of methoxy groups -OCH3 is 1. The van der Waals surface area contributed by atoms with Crippen LogP contribution in [-0.2, 0) is 16.0 Å². The molecule has 0 saturated heterocycles. The van der Waals surface area contributed by atoms with E-state index in [1.54, 1.807) is 0 Å². The number of amides is 1. The van der Waals surface area contributed by atoms with Crippen molar-refractivity contribution in [2.45, 2.75) is 32.4 Å². The van der Waals surface area contributed by atoms with E-state index in [4.69, 9.17) is 10.5 Å². The molecule has 1 amide bonds. The summed E-state index contributed by atoms with van der Waals surface area (Å²) >= 11 is 0. The second-order valence-corrected chi connectivity index (χ2v) is 4.39. The van der Waals surface area contributed by atoms with Crippen molar-refractivity contribution in [1.29, 1.82) is 0 Å². The fourth-order valence-electron chi connectivity index (χ4n) is 1.70. The summed E-state index contributed by atoms with van der Waals surface area (Å²) in [6.45, 7) is 4.29. The van der Waals surface area contributed by atoms with E-state index in [2.05, 4.69) is 24.4 Å². The van der Waals surface area contributed by atoms with Crippen LogP contribution in [0.2, 0.25) is 0 Å². The molecule has 0 spiro atoms. The smallest absolute Gasteiger partial charge is 0.239 e. The zero-order valence-corrected chi connectivity index (χ0v) is 12.5. The summed E-state index contributed by atoms with van der Waals surface area (Å²) < 4.78 is 4.86. The molecule has 108 valence electrons. The predicted molar refractivity (Wildman–Crippen MR) is 79.5 cm³/mol. The first-order chi connectivity index (χ1) is 8.58. The van der Waals surface area contributed by atoms with E-state index in [-0.39, 0.29) is 31.0 Å². The molecule has 5 heteroatoms. The van der Waals surface area contributed by atoms with Crippen LogP contribution >= 0.6 is 12.4 Å². The molecule has 0 radical (unpaired) electrons. The molecule has 0 aliphatic rings. The van der Waals surface area contributed by atoms with E-state index >= 15 is 0 Å². The molecule has 0 aliphatic heterocycles. The SMILES string of the molecule is CCc1ccc(C(C)NC(=O)C(N)COC)cc1.Cl. The third-order valence-electron chi connectivity index (χ3n) is 2.93. The number of halogens is 1. The molecule has 1 aromatic carbocycles. The summed E-state index contributed by atoms with van der Waals surface area (Å²) in [5.41, 5.74) is 8.02. The van der Waals surface area contributed by atoms with E-state index in [0.717, 1.165) is 12.0 Å². The monoisotopic (exact) mass is 286 g/mol. The average molecular weight is 287 g/mol. The third kappa shape index (κ3) is 5.59. The summed E-state index contributed by atoms with van der Waals surface area (Å²) in [6.07, 6.45) is 1.01. The van der Waals surface area contributed by atoms with E-state index < -0.39 is 6.04 Å². The summed E-state index contributed by atoms with van der Waals surface area (Å²) in [5.74, 6) is -0.191. The number of rotatable bonds is 6. The minimum absolute atomic E-state index is 0. The fraction of sp³-hybridized carbons (Fsp3) is 0.500. The number of ether oxygens (including phenoxy) is 1. The number of aryl methyl sites for hydroxylation is 1. The molecular weight excluding hydrogens is 264 g/mol. The number of nitrogens with two attached hydrogens (primary N) is 1. The van der Waals surface area contributed by atoms with Gasteiger partial charge in [0.1, 0.15) is 6.04 Å². The largest absolute Gasteiger partial charge is 0.383 e. The van der Waals surface area contributed by atoms with Crippen molar-refractivity contribution in [1.82, 2.24) is 5.32 Å². The van der Waals surface area contributed by atoms with Crippen LogP contribution in [0.25, 0.3) is 0 Å². The topological polar surface area (TPSA) is 64.4 Å². The highest BCUT2D eigenvalue weighted by Gasteiger charge is 2.16. The van der Waals surface area contributed by atoms with Gasteiger partial charge in [-0.2, -0.15) is 0 Å². The maximum atomic E-state index is 11.7. The summed E-state index contributed by atoms with van der Waals surface area (Å²) in [5, 5.41) is 2.87. The highest BCUT2D eigenvalue weighted by Crippen LogP contribution is 2.13. The molecule has 0 fully saturated rings. The van der Waals surface area contributed by atoms with Crippen LogP contribution in [0, 0.1) is 0 Å². The Morgan fingerprint density at radius 1 is 1.37 bits per heavy atom. The molecule has 1 aromatic rings. The quantitative estimate of drug-likeness (QED) is 0.838. The summed E-state index contributed by atoms with van der Waals surface area (Å²) in [6, 6.07) is 7.55. The van der Waals surface area contributed by atoms with Crippen LogP contribution in [0.1, 0.15) is 31.0 Å². The van der Waals surface area contributed by atoms with Gasteiger partial charge in [0.05, 0.1) is 12.6 Å². The number of carbonyl (C=O) groups excluding carboxylic acids is 1. The summed E-state index contributed by atoms with van der Waals surface area (Å²) in [4.78, 5) is 11.7. The lowest BCUT2D eigenvalue weighted by molar-refractivity contribution is -0.124. The lowest BCUT2D eigenvalue weighted by Gasteiger charge is -2.17. The third-order valence-corrected chi connectivity index (χ3v) is 2.93. The van der Waals surface area contributed by atoms with E-state index in [1.807, 2.05) is 19.1 Å². The van der Waals surface area contributed by atoms with Gasteiger partial charge in [0, 0.05) is 7.11 Å². The Morgan fingerprint density at radius 3 is 2.42 bits per heavy atom. The van der Waals surface area contributed by atoms with Crippen LogP contribution < -0.4 is 11.1 Å². The van der Waals surface area contributed by atoms with Crippen LogP contribution in [-0.4, -0.2) is 25.7 Å². The van der Waals surface area contributed by atoms with Gasteiger partial charge in [0.2, 0.25) is 5.91 Å². The second-order valence-electron chi connectivity index (χ2n) is 4.39. The predicted octanol–water partition coefficient (Wildman–Crippen LogP) is 1.82. The Morgan fingerprint density at radius 2 is 1.95 bits per heavy atom. The molecule has 0 aromatic heterocycles. The maximum absolute atomic E-state index is 11.7. The zero-order valence-electron chi connectivity index (χ0n) is 11.7. The highest BCUT2D eigenvalue weighted by molar-refractivity contribution is 5.85. The standard InChI is InChI=1S/C14H22N2O2.ClH/c1-4-11-5-7-12(8-6-11)10(2)16-14(17)13(15)9-18-3;/h5-8,10,13H,4,9,15H2,1-3H3,(H,16,17);1H. The van der Waals surface area contributed by atoms with Crippen LogP contribution in [0.3, 0.4) is 0 Å². The van der Waals surface area contributed by atoms with Gasteiger partial charge >= 0.3 is 0 Å². The van der Waals surface area contributed by atoms with Crippen LogP contribution in [0.15, 0.2) is 24.3 Å². The Balaban J connectivity index is 0.00000324. The van der Waals surface area contributed by atoms with Gasteiger partial charge in [0.15, 0.2) is 0 Å². The van der Waals surface area contributed by atoms with Gasteiger partial charge < -0.3 is 15.8 Å². The number of nitrogens with one attached hydrogen (secondary N) is 1. The molecule has 0 heterocycles. The van der Waals surface area contributed by atoms with E-state index in [0.29, 0.717) is 0 Å². The molecule has 2 atom stereocenters. The normalized spacial score (nSPS) is 13.3. The highest BCUT2D eigenvalue weighted by atomic mass is 35.5. The van der Waals surface area contributed by atoms with Gasteiger partial charge in [-0.25, -0.2) is 0 Å². The van der Waals surface area contributed by atoms with Gasteiger partial charge in [-0.15, -0.1) is 12.4 Å². The Labute approximate surface area is 121 Å². The number of benzene rings is 1. The molecule has 0 saturated carbocycles.